The van der Waals surface area contributed by atoms with Crippen LogP contribution in [0.15, 0.2) is 18.3 Å². The van der Waals surface area contributed by atoms with Gasteiger partial charge >= 0.3 is 6.18 Å². The lowest BCUT2D eigenvalue weighted by Crippen LogP contribution is -2.50. The fourth-order valence-corrected chi connectivity index (χ4v) is 3.41. The molecule has 0 spiro atoms. The number of halogens is 5. The number of carbonyl (C=O) groups is 1. The van der Waals surface area contributed by atoms with Crippen LogP contribution >= 0.6 is 0 Å². The number of hydrogen-bond acceptors (Lipinski definition) is 3. The molecule has 2 fully saturated rings. The Morgan fingerprint density at radius 1 is 1.35 bits per heavy atom. The minimum atomic E-state index is -4.56. The van der Waals surface area contributed by atoms with Gasteiger partial charge < -0.3 is 9.64 Å². The zero-order valence-corrected chi connectivity index (χ0v) is 13.9. The van der Waals surface area contributed by atoms with E-state index in [1.807, 2.05) is 0 Å². The van der Waals surface area contributed by atoms with E-state index in [4.69, 9.17) is 4.74 Å². The topological polar surface area (TPSA) is 42.4 Å². The number of alkyl halides is 5. The van der Waals surface area contributed by atoms with Crippen LogP contribution in [0.3, 0.4) is 0 Å². The molecule has 1 aliphatic carbocycles. The Bertz CT molecular complexity index is 657. The largest absolute Gasteiger partial charge is 0.477 e. The summed E-state index contributed by atoms with van der Waals surface area (Å²) in [5.74, 6) is -4.35. The Morgan fingerprint density at radius 3 is 2.73 bits per heavy atom. The molecule has 4 nitrogen and oxygen atoms in total. The van der Waals surface area contributed by atoms with Crippen molar-refractivity contribution in [3.8, 4) is 5.88 Å². The number of aromatic nitrogens is 1. The van der Waals surface area contributed by atoms with Crippen molar-refractivity contribution in [2.75, 3.05) is 19.7 Å². The van der Waals surface area contributed by atoms with Gasteiger partial charge in [-0.25, -0.2) is 13.8 Å². The van der Waals surface area contributed by atoms with Gasteiger partial charge in [0, 0.05) is 44.0 Å². The van der Waals surface area contributed by atoms with Crippen molar-refractivity contribution in [1.82, 2.24) is 9.88 Å². The smallest absolute Gasteiger partial charge is 0.421 e. The van der Waals surface area contributed by atoms with Gasteiger partial charge in [-0.05, 0) is 25.0 Å². The molecular weight excluding hydrogens is 359 g/mol. The van der Waals surface area contributed by atoms with Crippen molar-refractivity contribution >= 4 is 5.91 Å². The van der Waals surface area contributed by atoms with Crippen LogP contribution in [-0.2, 0) is 11.0 Å². The molecule has 1 saturated carbocycles. The third-order valence-corrected chi connectivity index (χ3v) is 4.80. The summed E-state index contributed by atoms with van der Waals surface area (Å²) in [6.07, 6.45) is -2.83. The maximum atomic E-state index is 12.9. The van der Waals surface area contributed by atoms with Crippen molar-refractivity contribution in [3.63, 3.8) is 0 Å². The molecule has 26 heavy (non-hydrogen) atoms. The number of amides is 1. The summed E-state index contributed by atoms with van der Waals surface area (Å²) < 4.78 is 70.0. The molecule has 1 aromatic heterocycles. The Labute approximate surface area is 147 Å². The lowest BCUT2D eigenvalue weighted by molar-refractivity contribution is -0.161. The molecule has 9 heteroatoms. The van der Waals surface area contributed by atoms with Crippen LogP contribution < -0.4 is 4.74 Å². The molecule has 1 saturated heterocycles. The molecule has 1 aliphatic heterocycles. The summed E-state index contributed by atoms with van der Waals surface area (Å²) in [5, 5.41) is 0. The summed E-state index contributed by atoms with van der Waals surface area (Å²) >= 11 is 0. The Morgan fingerprint density at radius 2 is 2.08 bits per heavy atom. The molecule has 2 aliphatic rings. The van der Waals surface area contributed by atoms with E-state index in [1.54, 1.807) is 0 Å². The summed E-state index contributed by atoms with van der Waals surface area (Å²) in [5.41, 5.74) is -0.944. The molecule has 1 unspecified atom stereocenters. The van der Waals surface area contributed by atoms with Gasteiger partial charge in [-0.2, -0.15) is 13.2 Å². The molecule has 0 aromatic carbocycles. The molecule has 3 rings (SSSR count). The van der Waals surface area contributed by atoms with Crippen molar-refractivity contribution < 1.29 is 31.5 Å². The monoisotopic (exact) mass is 378 g/mol. The van der Waals surface area contributed by atoms with E-state index in [1.165, 1.54) is 17.2 Å². The highest BCUT2D eigenvalue weighted by Gasteiger charge is 2.50. The first-order chi connectivity index (χ1) is 12.2. The maximum Gasteiger partial charge on any atom is 0.421 e. The van der Waals surface area contributed by atoms with Gasteiger partial charge in [0.15, 0.2) is 0 Å². The molecule has 0 bridgehead atoms. The molecule has 0 N–H and O–H groups in total. The van der Waals surface area contributed by atoms with E-state index >= 15 is 0 Å². The Kier molecular flexibility index (Phi) is 5.07. The van der Waals surface area contributed by atoms with Crippen molar-refractivity contribution in [2.24, 2.45) is 11.8 Å². The average molecular weight is 378 g/mol. The second-order valence-corrected chi connectivity index (χ2v) is 6.92. The van der Waals surface area contributed by atoms with Crippen LogP contribution in [0.2, 0.25) is 0 Å². The molecule has 2 heterocycles. The quantitative estimate of drug-likeness (QED) is 0.750. The third kappa shape index (κ3) is 4.24. The number of carbonyl (C=O) groups excluding carboxylic acids is 1. The van der Waals surface area contributed by atoms with Crippen molar-refractivity contribution in [3.05, 3.63) is 23.9 Å². The normalized spacial score (nSPS) is 23.4. The number of pyridine rings is 1. The second-order valence-electron chi connectivity index (χ2n) is 6.92. The van der Waals surface area contributed by atoms with Crippen LogP contribution in [-0.4, -0.2) is 41.4 Å². The van der Waals surface area contributed by atoms with Crippen LogP contribution in [0.4, 0.5) is 22.0 Å². The van der Waals surface area contributed by atoms with Gasteiger partial charge in [-0.1, -0.05) is 0 Å². The number of nitrogens with zero attached hydrogens (tertiary/aromatic N) is 2. The fraction of sp³-hybridized carbons (Fsp3) is 0.647. The average Bonchev–Trinajstić information content (AvgIpc) is 2.57. The first kappa shape index (κ1) is 18.8. The van der Waals surface area contributed by atoms with Gasteiger partial charge in [-0.3, -0.25) is 4.79 Å². The summed E-state index contributed by atoms with van der Waals surface area (Å²) in [4.78, 5) is 17.4. The number of piperidine rings is 1. The van der Waals surface area contributed by atoms with E-state index in [2.05, 4.69) is 4.98 Å². The predicted molar refractivity (Wildman–Crippen MR) is 81.7 cm³/mol. The van der Waals surface area contributed by atoms with Gasteiger partial charge in [0.2, 0.25) is 17.7 Å². The zero-order valence-electron chi connectivity index (χ0n) is 13.9. The molecule has 1 aromatic rings. The highest BCUT2D eigenvalue weighted by atomic mass is 19.4. The fourth-order valence-electron chi connectivity index (χ4n) is 3.41. The molecule has 1 amide bonds. The van der Waals surface area contributed by atoms with Crippen molar-refractivity contribution in [2.45, 2.75) is 37.8 Å². The number of ether oxygens (including phenoxy) is 1. The van der Waals surface area contributed by atoms with Gasteiger partial charge in [-0.15, -0.1) is 0 Å². The Balaban J connectivity index is 1.56. The highest BCUT2D eigenvalue weighted by Crippen LogP contribution is 2.43. The van der Waals surface area contributed by atoms with Gasteiger partial charge in [0.1, 0.15) is 5.56 Å². The zero-order chi connectivity index (χ0) is 18.9. The van der Waals surface area contributed by atoms with E-state index in [0.717, 1.165) is 6.07 Å². The summed E-state index contributed by atoms with van der Waals surface area (Å²) in [6, 6.07) is 2.08. The first-order valence-electron chi connectivity index (χ1n) is 8.47. The molecule has 144 valence electrons. The minimum absolute atomic E-state index is 0.00923. The molecule has 0 radical (unpaired) electrons. The summed E-state index contributed by atoms with van der Waals surface area (Å²) in [6.45, 7) is 0.772. The lowest BCUT2D eigenvalue weighted by Gasteiger charge is -2.40. The van der Waals surface area contributed by atoms with Crippen LogP contribution in [0.1, 0.15) is 31.2 Å². The standard InChI is InChI=1S/C17H19F5N2O2/c18-16(19)7-12(8-16)15(25)24-6-2-3-11(9-24)10-26-14-13(17(20,21)22)4-1-5-23-14/h1,4-5,11-12H,2-3,6-10H2. The van der Waals surface area contributed by atoms with Crippen LogP contribution in [0.5, 0.6) is 5.88 Å². The van der Waals surface area contributed by atoms with E-state index in [-0.39, 0.29) is 18.4 Å². The number of rotatable bonds is 4. The molecular formula is C17H19F5N2O2. The Hall–Kier alpha value is -1.93. The number of hydrogen-bond donors (Lipinski definition) is 0. The lowest BCUT2D eigenvalue weighted by atomic mass is 9.80. The van der Waals surface area contributed by atoms with E-state index < -0.39 is 42.3 Å². The third-order valence-electron chi connectivity index (χ3n) is 4.80. The summed E-state index contributed by atoms with van der Waals surface area (Å²) in [7, 11) is 0. The minimum Gasteiger partial charge on any atom is -0.477 e. The highest BCUT2D eigenvalue weighted by molar-refractivity contribution is 5.80. The SMILES string of the molecule is O=C(C1CC(F)(F)C1)N1CCCC(COc2ncccc2C(F)(F)F)C1. The van der Waals surface area contributed by atoms with Crippen LogP contribution in [0, 0.1) is 11.8 Å². The maximum absolute atomic E-state index is 12.9. The second kappa shape index (κ2) is 7.00. The van der Waals surface area contributed by atoms with Crippen LogP contribution in [0.25, 0.3) is 0 Å². The van der Waals surface area contributed by atoms with Gasteiger partial charge in [0.25, 0.3) is 0 Å². The number of likely N-dealkylation sites (tertiary alicyclic amines) is 1. The van der Waals surface area contributed by atoms with Gasteiger partial charge in [0.05, 0.1) is 6.61 Å². The van der Waals surface area contributed by atoms with E-state index in [9.17, 15) is 26.7 Å². The predicted octanol–water partition coefficient (Wildman–Crippen LogP) is 3.76. The van der Waals surface area contributed by atoms with Crippen molar-refractivity contribution in [1.29, 1.82) is 0 Å². The first-order valence-corrected chi connectivity index (χ1v) is 8.47. The molecule has 1 atom stereocenters. The van der Waals surface area contributed by atoms with E-state index in [0.29, 0.717) is 25.9 Å².